The third-order valence-electron chi connectivity index (χ3n) is 5.53. The van der Waals surface area contributed by atoms with Crippen LogP contribution in [0.5, 0.6) is 5.75 Å². The topological polar surface area (TPSA) is 77.8 Å². The number of nitrogens with one attached hydrogen (secondary N) is 1. The summed E-state index contributed by atoms with van der Waals surface area (Å²) in [5, 5.41) is 3.86. The van der Waals surface area contributed by atoms with Crippen molar-refractivity contribution in [2.24, 2.45) is 0 Å². The van der Waals surface area contributed by atoms with Crippen LogP contribution in [0, 0.1) is 13.8 Å². The summed E-state index contributed by atoms with van der Waals surface area (Å²) >= 11 is 0. The summed E-state index contributed by atoms with van der Waals surface area (Å²) in [7, 11) is 0. The largest absolute Gasteiger partial charge is 0.489 e. The van der Waals surface area contributed by atoms with Gasteiger partial charge in [0.25, 0.3) is 0 Å². The van der Waals surface area contributed by atoms with Gasteiger partial charge in [0.05, 0.1) is 17.6 Å². The van der Waals surface area contributed by atoms with E-state index in [0.29, 0.717) is 30.1 Å². The van der Waals surface area contributed by atoms with E-state index in [1.807, 2.05) is 46.8 Å². The highest BCUT2D eigenvalue weighted by Crippen LogP contribution is 2.30. The SMILES string of the molecule is C=C(C)COc1ccc2c(C)c(CC(=O)N[C@@H]3CCOC(C)(C)C3)c(=O)oc2c1C. The van der Waals surface area contributed by atoms with Gasteiger partial charge >= 0.3 is 5.63 Å². The van der Waals surface area contributed by atoms with E-state index in [4.69, 9.17) is 13.9 Å². The van der Waals surface area contributed by atoms with Crippen LogP contribution in [0.3, 0.4) is 0 Å². The number of amides is 1. The van der Waals surface area contributed by atoms with Crippen molar-refractivity contribution in [1.29, 1.82) is 0 Å². The molecule has 1 aliphatic heterocycles. The zero-order valence-corrected chi connectivity index (χ0v) is 18.5. The van der Waals surface area contributed by atoms with E-state index in [1.54, 1.807) is 0 Å². The summed E-state index contributed by atoms with van der Waals surface area (Å²) in [5.41, 5.74) is 2.57. The van der Waals surface area contributed by atoms with Gasteiger partial charge in [0.1, 0.15) is 17.9 Å². The van der Waals surface area contributed by atoms with E-state index < -0.39 is 5.63 Å². The second kappa shape index (κ2) is 8.64. The highest BCUT2D eigenvalue weighted by atomic mass is 16.5. The van der Waals surface area contributed by atoms with Crippen LogP contribution in [0.4, 0.5) is 0 Å². The summed E-state index contributed by atoms with van der Waals surface area (Å²) < 4.78 is 17.1. The lowest BCUT2D eigenvalue weighted by molar-refractivity contribution is -0.123. The van der Waals surface area contributed by atoms with Gasteiger partial charge in [-0.1, -0.05) is 6.58 Å². The smallest absolute Gasteiger partial charge is 0.340 e. The molecule has 2 aromatic rings. The fraction of sp³-hybridized carbons (Fsp3) is 0.500. The second-order valence-electron chi connectivity index (χ2n) is 8.85. The van der Waals surface area contributed by atoms with Gasteiger partial charge in [0.2, 0.25) is 5.91 Å². The number of hydrogen-bond acceptors (Lipinski definition) is 5. The van der Waals surface area contributed by atoms with Crippen LogP contribution >= 0.6 is 0 Å². The Labute approximate surface area is 177 Å². The molecule has 0 unspecified atom stereocenters. The Bertz CT molecular complexity index is 1030. The Hall–Kier alpha value is -2.60. The number of carbonyl (C=O) groups is 1. The molecule has 2 heterocycles. The number of ether oxygens (including phenoxy) is 2. The van der Waals surface area contributed by atoms with Crippen molar-refractivity contribution in [1.82, 2.24) is 5.32 Å². The normalized spacial score (nSPS) is 18.2. The molecule has 0 aliphatic carbocycles. The summed E-state index contributed by atoms with van der Waals surface area (Å²) in [6, 6.07) is 3.78. The number of rotatable bonds is 6. The minimum absolute atomic E-state index is 0.00511. The van der Waals surface area contributed by atoms with Crippen molar-refractivity contribution in [2.75, 3.05) is 13.2 Å². The Kier molecular flexibility index (Phi) is 6.36. The average Bonchev–Trinajstić information content (AvgIpc) is 2.64. The predicted molar refractivity (Wildman–Crippen MR) is 117 cm³/mol. The summed E-state index contributed by atoms with van der Waals surface area (Å²) in [6.45, 7) is 14.5. The van der Waals surface area contributed by atoms with E-state index in [-0.39, 0.29) is 24.0 Å². The van der Waals surface area contributed by atoms with Crippen molar-refractivity contribution >= 4 is 16.9 Å². The van der Waals surface area contributed by atoms with E-state index in [9.17, 15) is 9.59 Å². The molecular formula is C24H31NO5. The van der Waals surface area contributed by atoms with Crippen LogP contribution in [0.15, 0.2) is 33.5 Å². The maximum atomic E-state index is 12.7. The molecule has 1 aromatic carbocycles. The monoisotopic (exact) mass is 413 g/mol. The summed E-state index contributed by atoms with van der Waals surface area (Å²) in [6.07, 6.45) is 1.51. The molecule has 0 spiro atoms. The van der Waals surface area contributed by atoms with Crippen molar-refractivity contribution in [3.8, 4) is 5.75 Å². The number of hydrogen-bond donors (Lipinski definition) is 1. The van der Waals surface area contributed by atoms with Crippen LogP contribution in [-0.4, -0.2) is 30.8 Å². The van der Waals surface area contributed by atoms with Crippen molar-refractivity contribution in [3.05, 3.63) is 51.4 Å². The molecule has 3 rings (SSSR count). The lowest BCUT2D eigenvalue weighted by atomic mass is 9.93. The zero-order chi connectivity index (χ0) is 22.1. The zero-order valence-electron chi connectivity index (χ0n) is 18.5. The third-order valence-corrected chi connectivity index (χ3v) is 5.53. The molecule has 162 valence electrons. The predicted octanol–water partition coefficient (Wildman–Crippen LogP) is 3.98. The van der Waals surface area contributed by atoms with Crippen LogP contribution in [0.2, 0.25) is 0 Å². The van der Waals surface area contributed by atoms with Crippen LogP contribution in [-0.2, 0) is 16.0 Å². The first kappa shape index (κ1) is 22.1. The Morgan fingerprint density at radius 3 is 2.70 bits per heavy atom. The molecule has 1 aliphatic rings. The maximum absolute atomic E-state index is 12.7. The lowest BCUT2D eigenvalue weighted by Gasteiger charge is -2.35. The van der Waals surface area contributed by atoms with Crippen LogP contribution in [0.1, 0.15) is 50.3 Å². The Balaban J connectivity index is 1.82. The van der Waals surface area contributed by atoms with Gasteiger partial charge in [-0.3, -0.25) is 4.79 Å². The third kappa shape index (κ3) is 4.93. The first-order valence-corrected chi connectivity index (χ1v) is 10.3. The molecule has 1 atom stereocenters. The first-order valence-electron chi connectivity index (χ1n) is 10.3. The molecule has 30 heavy (non-hydrogen) atoms. The molecule has 1 aromatic heterocycles. The van der Waals surface area contributed by atoms with Gasteiger partial charge in [0.15, 0.2) is 0 Å². The molecule has 1 amide bonds. The molecular weight excluding hydrogens is 382 g/mol. The van der Waals surface area contributed by atoms with E-state index in [0.717, 1.165) is 34.9 Å². The quantitative estimate of drug-likeness (QED) is 0.572. The Morgan fingerprint density at radius 2 is 2.03 bits per heavy atom. The van der Waals surface area contributed by atoms with Crippen LogP contribution < -0.4 is 15.7 Å². The van der Waals surface area contributed by atoms with Gasteiger partial charge in [-0.25, -0.2) is 4.79 Å². The number of benzene rings is 1. The van der Waals surface area contributed by atoms with Crippen molar-refractivity contribution in [3.63, 3.8) is 0 Å². The fourth-order valence-electron chi connectivity index (χ4n) is 3.93. The first-order chi connectivity index (χ1) is 14.1. The van der Waals surface area contributed by atoms with Gasteiger partial charge in [-0.05, 0) is 70.7 Å². The molecule has 0 saturated carbocycles. The van der Waals surface area contributed by atoms with Gasteiger partial charge in [0, 0.05) is 23.6 Å². The average molecular weight is 414 g/mol. The molecule has 1 fully saturated rings. The molecule has 0 radical (unpaired) electrons. The highest BCUT2D eigenvalue weighted by Gasteiger charge is 2.30. The second-order valence-corrected chi connectivity index (χ2v) is 8.85. The van der Waals surface area contributed by atoms with E-state index in [2.05, 4.69) is 11.9 Å². The maximum Gasteiger partial charge on any atom is 0.340 e. The molecule has 1 N–H and O–H groups in total. The van der Waals surface area contributed by atoms with Gasteiger partial charge in [-0.15, -0.1) is 0 Å². The van der Waals surface area contributed by atoms with Crippen LogP contribution in [0.25, 0.3) is 11.0 Å². The Morgan fingerprint density at radius 1 is 1.30 bits per heavy atom. The minimum atomic E-state index is -0.484. The van der Waals surface area contributed by atoms with Gasteiger partial charge < -0.3 is 19.2 Å². The minimum Gasteiger partial charge on any atom is -0.489 e. The number of aryl methyl sites for hydroxylation is 2. The summed E-state index contributed by atoms with van der Waals surface area (Å²) in [4.78, 5) is 25.3. The van der Waals surface area contributed by atoms with Crippen molar-refractivity contribution < 1.29 is 18.7 Å². The number of fused-ring (bicyclic) bond motifs is 1. The highest BCUT2D eigenvalue weighted by molar-refractivity contribution is 5.87. The van der Waals surface area contributed by atoms with Gasteiger partial charge in [-0.2, -0.15) is 0 Å². The fourth-order valence-corrected chi connectivity index (χ4v) is 3.93. The molecule has 1 saturated heterocycles. The molecule has 6 nitrogen and oxygen atoms in total. The summed E-state index contributed by atoms with van der Waals surface area (Å²) in [5.74, 6) is 0.478. The van der Waals surface area contributed by atoms with E-state index in [1.165, 1.54) is 0 Å². The molecule has 6 heteroatoms. The lowest BCUT2D eigenvalue weighted by Crippen LogP contribution is -2.46. The number of carbonyl (C=O) groups excluding carboxylic acids is 1. The standard InChI is InChI=1S/C24H31NO5/c1-14(2)13-28-20-8-7-18-15(3)19(23(27)30-22(18)16(20)4)11-21(26)25-17-9-10-29-24(5,6)12-17/h7-8,17H,1,9-13H2,2-6H3,(H,25,26)/t17-/m1/s1. The van der Waals surface area contributed by atoms with E-state index >= 15 is 0 Å². The van der Waals surface area contributed by atoms with Crippen molar-refractivity contribution in [2.45, 2.75) is 65.5 Å². The molecule has 0 bridgehead atoms.